The van der Waals surface area contributed by atoms with E-state index in [9.17, 15) is 4.79 Å². The van der Waals surface area contributed by atoms with Gasteiger partial charge in [-0.3, -0.25) is 4.79 Å². The molecule has 0 saturated carbocycles. The van der Waals surface area contributed by atoms with Crippen LogP contribution in [0.3, 0.4) is 0 Å². The van der Waals surface area contributed by atoms with Gasteiger partial charge in [0.15, 0.2) is 0 Å². The van der Waals surface area contributed by atoms with E-state index < -0.39 is 0 Å². The van der Waals surface area contributed by atoms with Crippen molar-refractivity contribution in [1.82, 2.24) is 5.32 Å². The van der Waals surface area contributed by atoms with Gasteiger partial charge in [-0.1, -0.05) is 6.92 Å². The molecule has 110 valence electrons. The molecule has 0 aromatic heterocycles. The molecule has 5 heteroatoms. The second-order valence-electron chi connectivity index (χ2n) is 5.33. The van der Waals surface area contributed by atoms with E-state index in [4.69, 9.17) is 9.47 Å². The van der Waals surface area contributed by atoms with Crippen LogP contribution in [0, 0.1) is 5.41 Å². The van der Waals surface area contributed by atoms with E-state index in [1.54, 1.807) is 26.4 Å². The van der Waals surface area contributed by atoms with Gasteiger partial charge in [0.25, 0.3) is 0 Å². The number of benzene rings is 1. The molecule has 20 heavy (non-hydrogen) atoms. The maximum atomic E-state index is 12.5. The highest BCUT2D eigenvalue weighted by Crippen LogP contribution is 2.33. The third-order valence-corrected chi connectivity index (χ3v) is 3.91. The number of methoxy groups -OCH3 is 2. The number of nitrogens with one attached hydrogen (secondary N) is 2. The molecule has 0 spiro atoms. The van der Waals surface area contributed by atoms with Crippen LogP contribution >= 0.6 is 0 Å². The van der Waals surface area contributed by atoms with Crippen molar-refractivity contribution in [2.24, 2.45) is 5.41 Å². The highest BCUT2D eigenvalue weighted by atomic mass is 16.5. The summed E-state index contributed by atoms with van der Waals surface area (Å²) in [5.41, 5.74) is 0.356. The van der Waals surface area contributed by atoms with E-state index in [1.807, 2.05) is 13.0 Å². The van der Waals surface area contributed by atoms with Crippen molar-refractivity contribution >= 4 is 11.6 Å². The molecule has 1 aromatic carbocycles. The number of ether oxygens (including phenoxy) is 2. The van der Waals surface area contributed by atoms with E-state index in [0.29, 0.717) is 17.2 Å². The Morgan fingerprint density at radius 2 is 1.95 bits per heavy atom. The summed E-state index contributed by atoms with van der Waals surface area (Å²) in [6, 6.07) is 5.38. The molecule has 2 N–H and O–H groups in total. The molecule has 1 aromatic rings. The molecular formula is C15H22N2O3. The maximum absolute atomic E-state index is 12.5. The molecule has 5 nitrogen and oxygen atoms in total. The van der Waals surface area contributed by atoms with Crippen molar-refractivity contribution in [2.75, 3.05) is 32.6 Å². The summed E-state index contributed by atoms with van der Waals surface area (Å²) in [5, 5.41) is 6.25. The SMILES string of the molecule is COc1ccc(NC(=O)C2(C)CCNCC2)c(OC)c1. The average molecular weight is 278 g/mol. The van der Waals surface area contributed by atoms with E-state index in [-0.39, 0.29) is 11.3 Å². The summed E-state index contributed by atoms with van der Waals surface area (Å²) in [4.78, 5) is 12.5. The molecule has 0 bridgehead atoms. The number of hydrogen-bond donors (Lipinski definition) is 2. The Morgan fingerprint density at radius 1 is 1.25 bits per heavy atom. The molecule has 2 rings (SSSR count). The number of amides is 1. The number of hydrogen-bond acceptors (Lipinski definition) is 4. The van der Waals surface area contributed by atoms with Crippen LogP contribution in [0.15, 0.2) is 18.2 Å². The van der Waals surface area contributed by atoms with E-state index in [2.05, 4.69) is 10.6 Å². The van der Waals surface area contributed by atoms with Crippen LogP contribution in [0.5, 0.6) is 11.5 Å². The van der Waals surface area contributed by atoms with Crippen molar-refractivity contribution in [1.29, 1.82) is 0 Å². The Labute approximate surface area is 119 Å². The largest absolute Gasteiger partial charge is 0.497 e. The lowest BCUT2D eigenvalue weighted by molar-refractivity contribution is -0.126. The molecule has 1 heterocycles. The lowest BCUT2D eigenvalue weighted by Crippen LogP contribution is -2.42. The number of piperidine rings is 1. The van der Waals surface area contributed by atoms with Crippen LogP contribution in [0.1, 0.15) is 19.8 Å². The Balaban J connectivity index is 2.14. The van der Waals surface area contributed by atoms with Crippen LogP contribution in [-0.2, 0) is 4.79 Å². The second kappa shape index (κ2) is 6.13. The monoisotopic (exact) mass is 278 g/mol. The minimum Gasteiger partial charge on any atom is -0.497 e. The molecule has 1 aliphatic heterocycles. The van der Waals surface area contributed by atoms with Gasteiger partial charge >= 0.3 is 0 Å². The second-order valence-corrected chi connectivity index (χ2v) is 5.33. The van der Waals surface area contributed by atoms with Gasteiger partial charge in [0.1, 0.15) is 11.5 Å². The minimum absolute atomic E-state index is 0.0440. The molecule has 0 atom stereocenters. The Kier molecular flexibility index (Phi) is 4.49. The van der Waals surface area contributed by atoms with E-state index in [0.717, 1.165) is 25.9 Å². The zero-order valence-electron chi connectivity index (χ0n) is 12.3. The fourth-order valence-electron chi connectivity index (χ4n) is 2.38. The molecule has 0 radical (unpaired) electrons. The predicted molar refractivity (Wildman–Crippen MR) is 78.4 cm³/mol. The molecule has 0 unspecified atom stereocenters. The molecule has 1 aliphatic rings. The van der Waals surface area contributed by atoms with E-state index >= 15 is 0 Å². The van der Waals surface area contributed by atoms with Gasteiger partial charge in [-0.2, -0.15) is 0 Å². The minimum atomic E-state index is -0.323. The van der Waals surface area contributed by atoms with Gasteiger partial charge in [0.2, 0.25) is 5.91 Å². The first-order valence-electron chi connectivity index (χ1n) is 6.83. The van der Waals surface area contributed by atoms with Gasteiger partial charge in [-0.25, -0.2) is 0 Å². The third-order valence-electron chi connectivity index (χ3n) is 3.91. The highest BCUT2D eigenvalue weighted by molar-refractivity contribution is 5.96. The Hall–Kier alpha value is -1.75. The molecule has 1 saturated heterocycles. The summed E-state index contributed by atoms with van der Waals surface area (Å²) in [6.07, 6.45) is 1.69. The Bertz CT molecular complexity index is 482. The lowest BCUT2D eigenvalue weighted by Gasteiger charge is -2.32. The van der Waals surface area contributed by atoms with Crippen molar-refractivity contribution in [3.05, 3.63) is 18.2 Å². The molecule has 0 aliphatic carbocycles. The van der Waals surface area contributed by atoms with Gasteiger partial charge in [-0.05, 0) is 38.1 Å². The van der Waals surface area contributed by atoms with Crippen molar-refractivity contribution in [2.45, 2.75) is 19.8 Å². The fraction of sp³-hybridized carbons (Fsp3) is 0.533. The molecular weight excluding hydrogens is 256 g/mol. The number of rotatable bonds is 4. The van der Waals surface area contributed by atoms with Crippen molar-refractivity contribution < 1.29 is 14.3 Å². The maximum Gasteiger partial charge on any atom is 0.230 e. The van der Waals surface area contributed by atoms with Crippen LogP contribution in [-0.4, -0.2) is 33.2 Å². The lowest BCUT2D eigenvalue weighted by atomic mass is 9.80. The highest BCUT2D eigenvalue weighted by Gasteiger charge is 2.34. The van der Waals surface area contributed by atoms with Gasteiger partial charge in [-0.15, -0.1) is 0 Å². The van der Waals surface area contributed by atoms with E-state index in [1.165, 1.54) is 0 Å². The van der Waals surface area contributed by atoms with Gasteiger partial charge in [0, 0.05) is 11.5 Å². The van der Waals surface area contributed by atoms with Crippen LogP contribution < -0.4 is 20.1 Å². The quantitative estimate of drug-likeness (QED) is 0.885. The summed E-state index contributed by atoms with van der Waals surface area (Å²) < 4.78 is 10.5. The van der Waals surface area contributed by atoms with Crippen molar-refractivity contribution in [3.63, 3.8) is 0 Å². The smallest absolute Gasteiger partial charge is 0.230 e. The third kappa shape index (κ3) is 3.04. The van der Waals surface area contributed by atoms with Gasteiger partial charge in [0.05, 0.1) is 19.9 Å². The first-order valence-corrected chi connectivity index (χ1v) is 6.83. The number of carbonyl (C=O) groups is 1. The van der Waals surface area contributed by atoms with Crippen molar-refractivity contribution in [3.8, 4) is 11.5 Å². The normalized spacial score (nSPS) is 17.4. The number of anilines is 1. The first-order chi connectivity index (χ1) is 9.59. The standard InChI is InChI=1S/C15H22N2O3/c1-15(6-8-16-9-7-15)14(18)17-12-5-4-11(19-2)10-13(12)20-3/h4-5,10,16H,6-9H2,1-3H3,(H,17,18). The average Bonchev–Trinajstić information content (AvgIpc) is 2.48. The zero-order valence-corrected chi connectivity index (χ0v) is 12.3. The zero-order chi connectivity index (χ0) is 14.6. The predicted octanol–water partition coefficient (Wildman–Crippen LogP) is 2.03. The van der Waals surface area contributed by atoms with Crippen LogP contribution in [0.4, 0.5) is 5.69 Å². The van der Waals surface area contributed by atoms with Crippen LogP contribution in [0.2, 0.25) is 0 Å². The first kappa shape index (κ1) is 14.7. The molecule has 1 amide bonds. The topological polar surface area (TPSA) is 59.6 Å². The summed E-state index contributed by atoms with van der Waals surface area (Å²) in [7, 11) is 3.18. The summed E-state index contributed by atoms with van der Waals surface area (Å²) in [6.45, 7) is 3.77. The Morgan fingerprint density at radius 3 is 2.55 bits per heavy atom. The molecule has 1 fully saturated rings. The number of carbonyl (C=O) groups excluding carboxylic acids is 1. The fourth-order valence-corrected chi connectivity index (χ4v) is 2.38. The van der Waals surface area contributed by atoms with Gasteiger partial charge < -0.3 is 20.1 Å². The van der Waals surface area contributed by atoms with Crippen LogP contribution in [0.25, 0.3) is 0 Å². The summed E-state index contributed by atoms with van der Waals surface area (Å²) >= 11 is 0. The summed E-state index contributed by atoms with van der Waals surface area (Å²) in [5.74, 6) is 1.35.